The molecule has 1 amide bonds. The molecular formula is C18H21N3O3S. The van der Waals surface area contributed by atoms with Crippen LogP contribution in [0.25, 0.3) is 10.9 Å². The van der Waals surface area contributed by atoms with Gasteiger partial charge in [0.1, 0.15) is 5.69 Å². The number of hydrogen-bond acceptors (Lipinski definition) is 5. The maximum absolute atomic E-state index is 12.7. The highest BCUT2D eigenvalue weighted by Gasteiger charge is 2.34. The number of para-hydroxylation sites is 1. The first-order chi connectivity index (χ1) is 12.0. The smallest absolute Gasteiger partial charge is 0.272 e. The molecule has 2 saturated heterocycles. The van der Waals surface area contributed by atoms with Crippen molar-refractivity contribution in [1.29, 1.82) is 0 Å². The lowest BCUT2D eigenvalue weighted by Crippen LogP contribution is -2.52. The lowest BCUT2D eigenvalue weighted by atomic mass is 10.1. The Morgan fingerprint density at radius 3 is 2.52 bits per heavy atom. The van der Waals surface area contributed by atoms with Crippen molar-refractivity contribution in [3.63, 3.8) is 0 Å². The molecule has 3 heterocycles. The molecule has 2 aliphatic rings. The minimum atomic E-state index is -2.87. The number of pyridine rings is 1. The van der Waals surface area contributed by atoms with Gasteiger partial charge in [-0.05, 0) is 18.6 Å². The molecule has 0 N–H and O–H groups in total. The Balaban J connectivity index is 1.42. The Labute approximate surface area is 147 Å². The number of hydrogen-bond donors (Lipinski definition) is 0. The summed E-state index contributed by atoms with van der Waals surface area (Å²) in [7, 11) is -2.87. The number of rotatable bonds is 2. The molecule has 1 aromatic heterocycles. The van der Waals surface area contributed by atoms with E-state index in [1.807, 2.05) is 35.2 Å². The Morgan fingerprint density at radius 1 is 1.04 bits per heavy atom. The van der Waals surface area contributed by atoms with E-state index in [0.717, 1.165) is 24.0 Å². The van der Waals surface area contributed by atoms with Crippen LogP contribution in [0.3, 0.4) is 0 Å². The van der Waals surface area contributed by atoms with Crippen molar-refractivity contribution in [3.8, 4) is 0 Å². The Morgan fingerprint density at radius 2 is 1.80 bits per heavy atom. The van der Waals surface area contributed by atoms with E-state index in [1.165, 1.54) is 0 Å². The average Bonchev–Trinajstić information content (AvgIpc) is 3.01. The summed E-state index contributed by atoms with van der Waals surface area (Å²) in [6.07, 6.45) is 0.711. The standard InChI is InChI=1S/C18H21N3O3S/c22-18(17-6-5-14-3-1-2-4-16(14)19-17)21-10-8-20(9-11-21)15-7-12-25(23,24)13-15/h1-6,15H,7-13H2. The first-order valence-corrected chi connectivity index (χ1v) is 10.4. The quantitative estimate of drug-likeness (QED) is 0.805. The van der Waals surface area contributed by atoms with E-state index in [9.17, 15) is 13.2 Å². The maximum atomic E-state index is 12.7. The van der Waals surface area contributed by atoms with Crippen molar-refractivity contribution >= 4 is 26.6 Å². The van der Waals surface area contributed by atoms with Crippen LogP contribution in [0.15, 0.2) is 36.4 Å². The summed E-state index contributed by atoms with van der Waals surface area (Å²) in [4.78, 5) is 21.2. The fourth-order valence-electron chi connectivity index (χ4n) is 3.70. The van der Waals surface area contributed by atoms with Gasteiger partial charge < -0.3 is 4.90 Å². The van der Waals surface area contributed by atoms with Crippen molar-refractivity contribution < 1.29 is 13.2 Å². The third-order valence-corrected chi connectivity index (χ3v) is 6.89. The molecule has 2 aromatic rings. The third-order valence-electron chi connectivity index (χ3n) is 5.14. The van der Waals surface area contributed by atoms with Gasteiger partial charge in [-0.25, -0.2) is 13.4 Å². The fraction of sp³-hybridized carbons (Fsp3) is 0.444. The molecule has 1 aromatic carbocycles. The number of sulfone groups is 1. The number of fused-ring (bicyclic) bond motifs is 1. The molecule has 7 heteroatoms. The van der Waals surface area contributed by atoms with Crippen molar-refractivity contribution in [2.24, 2.45) is 0 Å². The van der Waals surface area contributed by atoms with Gasteiger partial charge in [0.05, 0.1) is 17.0 Å². The number of nitrogens with zero attached hydrogens (tertiary/aromatic N) is 3. The Hall–Kier alpha value is -1.99. The van der Waals surface area contributed by atoms with E-state index in [1.54, 1.807) is 6.07 Å². The van der Waals surface area contributed by atoms with Crippen molar-refractivity contribution in [2.75, 3.05) is 37.7 Å². The number of piperazine rings is 1. The molecule has 0 aliphatic carbocycles. The van der Waals surface area contributed by atoms with Crippen LogP contribution < -0.4 is 0 Å². The highest BCUT2D eigenvalue weighted by Crippen LogP contribution is 2.20. The molecule has 132 valence electrons. The first kappa shape index (κ1) is 16.5. The summed E-state index contributed by atoms with van der Waals surface area (Å²) in [5.74, 6) is 0.495. The van der Waals surface area contributed by atoms with Crippen LogP contribution in [0.4, 0.5) is 0 Å². The van der Waals surface area contributed by atoms with Gasteiger partial charge in [0.2, 0.25) is 0 Å². The first-order valence-electron chi connectivity index (χ1n) is 8.61. The maximum Gasteiger partial charge on any atom is 0.272 e. The molecule has 0 bridgehead atoms. The molecular weight excluding hydrogens is 338 g/mol. The lowest BCUT2D eigenvalue weighted by molar-refractivity contribution is 0.0582. The molecule has 2 aliphatic heterocycles. The fourth-order valence-corrected chi connectivity index (χ4v) is 5.46. The summed E-state index contributed by atoms with van der Waals surface area (Å²) >= 11 is 0. The van der Waals surface area contributed by atoms with Gasteiger partial charge in [-0.3, -0.25) is 9.69 Å². The van der Waals surface area contributed by atoms with Crippen LogP contribution in [0.5, 0.6) is 0 Å². The monoisotopic (exact) mass is 359 g/mol. The number of amides is 1. The number of benzene rings is 1. The van der Waals surface area contributed by atoms with Crippen LogP contribution in [0.1, 0.15) is 16.9 Å². The molecule has 4 rings (SSSR count). The molecule has 6 nitrogen and oxygen atoms in total. The zero-order valence-electron chi connectivity index (χ0n) is 14.0. The van der Waals surface area contributed by atoms with Crippen molar-refractivity contribution in [1.82, 2.24) is 14.8 Å². The minimum absolute atomic E-state index is 0.0514. The van der Waals surface area contributed by atoms with E-state index in [2.05, 4.69) is 9.88 Å². The van der Waals surface area contributed by atoms with E-state index in [0.29, 0.717) is 25.2 Å². The topological polar surface area (TPSA) is 70.6 Å². The van der Waals surface area contributed by atoms with Crippen LogP contribution >= 0.6 is 0 Å². The van der Waals surface area contributed by atoms with Crippen molar-refractivity contribution in [2.45, 2.75) is 12.5 Å². The van der Waals surface area contributed by atoms with Crippen molar-refractivity contribution in [3.05, 3.63) is 42.1 Å². The highest BCUT2D eigenvalue weighted by molar-refractivity contribution is 7.91. The van der Waals surface area contributed by atoms with E-state index < -0.39 is 9.84 Å². The molecule has 1 unspecified atom stereocenters. The molecule has 25 heavy (non-hydrogen) atoms. The zero-order valence-corrected chi connectivity index (χ0v) is 14.8. The Bertz CT molecular complexity index is 905. The second-order valence-corrected chi connectivity index (χ2v) is 9.00. The van der Waals surface area contributed by atoms with Gasteiger partial charge in [0, 0.05) is 37.6 Å². The normalized spacial score (nSPS) is 23.8. The molecule has 2 fully saturated rings. The van der Waals surface area contributed by atoms with Gasteiger partial charge in [0.25, 0.3) is 5.91 Å². The number of aromatic nitrogens is 1. The average molecular weight is 359 g/mol. The molecule has 0 spiro atoms. The predicted octanol–water partition coefficient (Wildman–Crippen LogP) is 1.18. The summed E-state index contributed by atoms with van der Waals surface area (Å²) in [6.45, 7) is 2.67. The van der Waals surface area contributed by atoms with Gasteiger partial charge in [-0.1, -0.05) is 24.3 Å². The zero-order chi connectivity index (χ0) is 17.4. The SMILES string of the molecule is O=C(c1ccc2ccccc2n1)N1CCN(C2CCS(=O)(=O)C2)CC1. The van der Waals surface area contributed by atoms with E-state index >= 15 is 0 Å². The van der Waals surface area contributed by atoms with E-state index in [-0.39, 0.29) is 23.5 Å². The summed E-state index contributed by atoms with van der Waals surface area (Å²) in [5.41, 5.74) is 1.29. The van der Waals surface area contributed by atoms with Crippen LogP contribution in [0, 0.1) is 0 Å². The van der Waals surface area contributed by atoms with Crippen LogP contribution in [-0.2, 0) is 9.84 Å². The summed E-state index contributed by atoms with van der Waals surface area (Å²) < 4.78 is 23.3. The van der Waals surface area contributed by atoms with Gasteiger partial charge in [0.15, 0.2) is 9.84 Å². The lowest BCUT2D eigenvalue weighted by Gasteiger charge is -2.37. The highest BCUT2D eigenvalue weighted by atomic mass is 32.2. The van der Waals surface area contributed by atoms with Crippen LogP contribution in [-0.4, -0.2) is 72.8 Å². The van der Waals surface area contributed by atoms with E-state index in [4.69, 9.17) is 0 Å². The second kappa shape index (κ2) is 6.38. The summed E-state index contributed by atoms with van der Waals surface area (Å²) in [6, 6.07) is 11.6. The van der Waals surface area contributed by atoms with Gasteiger partial charge in [-0.2, -0.15) is 0 Å². The third kappa shape index (κ3) is 3.39. The summed E-state index contributed by atoms with van der Waals surface area (Å²) in [5, 5.41) is 1.02. The molecule has 1 atom stereocenters. The Kier molecular flexibility index (Phi) is 4.21. The number of carbonyl (C=O) groups is 1. The largest absolute Gasteiger partial charge is 0.335 e. The molecule has 0 saturated carbocycles. The van der Waals surface area contributed by atoms with Crippen LogP contribution in [0.2, 0.25) is 0 Å². The van der Waals surface area contributed by atoms with Gasteiger partial charge >= 0.3 is 0 Å². The number of carbonyl (C=O) groups excluding carboxylic acids is 1. The minimum Gasteiger partial charge on any atom is -0.335 e. The van der Waals surface area contributed by atoms with Gasteiger partial charge in [-0.15, -0.1) is 0 Å². The molecule has 0 radical (unpaired) electrons. The predicted molar refractivity (Wildman–Crippen MR) is 96.3 cm³/mol. The second-order valence-electron chi connectivity index (χ2n) is 6.77.